The molecule has 6 heteroatoms. The molecule has 0 bridgehead atoms. The zero-order valence-electron chi connectivity index (χ0n) is 10.3. The molecule has 1 amide bonds. The molecule has 0 aliphatic heterocycles. The summed E-state index contributed by atoms with van der Waals surface area (Å²) in [5.74, 6) is -0.202. The van der Waals surface area contributed by atoms with Crippen molar-refractivity contribution in [1.29, 1.82) is 0 Å². The van der Waals surface area contributed by atoms with Gasteiger partial charge in [-0.05, 0) is 17.7 Å². The third-order valence-electron chi connectivity index (χ3n) is 2.48. The van der Waals surface area contributed by atoms with E-state index in [1.807, 2.05) is 30.3 Å². The molecular weight excluding hydrogens is 346 g/mol. The van der Waals surface area contributed by atoms with E-state index >= 15 is 0 Å². The molecule has 0 spiro atoms. The molecule has 0 aliphatic carbocycles. The summed E-state index contributed by atoms with van der Waals surface area (Å²) in [5.41, 5.74) is 1.06. The standard InChI is InChI=1S/C14H11BrClNO3/c15-10-6-11(16)13(18)12(7-10)17-14(19)20-8-9-4-2-1-3-5-9/h1-7,18H,8H2,(H,17,19). The maximum Gasteiger partial charge on any atom is 0.412 e. The minimum atomic E-state index is -0.668. The number of phenolic OH excluding ortho intramolecular Hbond substituents is 1. The van der Waals surface area contributed by atoms with E-state index < -0.39 is 6.09 Å². The molecule has 0 saturated carbocycles. The van der Waals surface area contributed by atoms with Crippen molar-refractivity contribution in [2.24, 2.45) is 0 Å². The number of aromatic hydroxyl groups is 1. The number of hydrogen-bond donors (Lipinski definition) is 2. The number of halogens is 2. The summed E-state index contributed by atoms with van der Waals surface area (Å²) in [6.07, 6.45) is -0.668. The van der Waals surface area contributed by atoms with Gasteiger partial charge in [-0.15, -0.1) is 0 Å². The molecule has 0 radical (unpaired) electrons. The van der Waals surface area contributed by atoms with Gasteiger partial charge in [-0.2, -0.15) is 0 Å². The molecule has 104 valence electrons. The van der Waals surface area contributed by atoms with Crippen molar-refractivity contribution >= 4 is 39.3 Å². The van der Waals surface area contributed by atoms with Crippen molar-refractivity contribution in [3.8, 4) is 5.75 Å². The molecule has 0 aliphatic rings. The fourth-order valence-electron chi connectivity index (χ4n) is 1.53. The van der Waals surface area contributed by atoms with Crippen molar-refractivity contribution < 1.29 is 14.6 Å². The van der Waals surface area contributed by atoms with Gasteiger partial charge < -0.3 is 9.84 Å². The van der Waals surface area contributed by atoms with Gasteiger partial charge in [-0.3, -0.25) is 5.32 Å². The number of anilines is 1. The topological polar surface area (TPSA) is 58.6 Å². The zero-order valence-corrected chi connectivity index (χ0v) is 12.6. The Kier molecular flexibility index (Phi) is 4.87. The Morgan fingerprint density at radius 3 is 2.70 bits per heavy atom. The highest BCUT2D eigenvalue weighted by molar-refractivity contribution is 9.10. The average molecular weight is 357 g/mol. The van der Waals surface area contributed by atoms with E-state index in [1.165, 1.54) is 12.1 Å². The van der Waals surface area contributed by atoms with E-state index in [9.17, 15) is 9.90 Å². The Morgan fingerprint density at radius 2 is 2.00 bits per heavy atom. The van der Waals surface area contributed by atoms with Gasteiger partial charge in [-0.25, -0.2) is 4.79 Å². The van der Waals surface area contributed by atoms with Crippen LogP contribution in [0.1, 0.15) is 5.56 Å². The Morgan fingerprint density at radius 1 is 1.30 bits per heavy atom. The average Bonchev–Trinajstić information content (AvgIpc) is 2.43. The number of phenols is 1. The third-order valence-corrected chi connectivity index (χ3v) is 3.22. The van der Waals surface area contributed by atoms with E-state index in [2.05, 4.69) is 21.2 Å². The number of benzene rings is 2. The molecule has 4 nitrogen and oxygen atoms in total. The fourth-order valence-corrected chi connectivity index (χ4v) is 2.34. The van der Waals surface area contributed by atoms with Gasteiger partial charge >= 0.3 is 6.09 Å². The Bertz CT molecular complexity index is 619. The second kappa shape index (κ2) is 6.63. The maximum atomic E-state index is 11.7. The normalized spacial score (nSPS) is 10.1. The van der Waals surface area contributed by atoms with Crippen molar-refractivity contribution in [3.05, 3.63) is 57.5 Å². The second-order valence-electron chi connectivity index (χ2n) is 3.97. The Labute approximate surface area is 129 Å². The molecule has 0 heterocycles. The van der Waals surface area contributed by atoms with E-state index in [1.54, 1.807) is 0 Å². The summed E-state index contributed by atoms with van der Waals surface area (Å²) in [7, 11) is 0. The van der Waals surface area contributed by atoms with Gasteiger partial charge in [0.2, 0.25) is 0 Å². The summed E-state index contributed by atoms with van der Waals surface area (Å²) in [5, 5.41) is 12.3. The predicted octanol–water partition coefficient (Wildman–Crippen LogP) is 4.56. The maximum absolute atomic E-state index is 11.7. The predicted molar refractivity (Wildman–Crippen MR) is 81.1 cm³/mol. The van der Waals surface area contributed by atoms with Gasteiger partial charge in [0.05, 0.1) is 10.7 Å². The van der Waals surface area contributed by atoms with Crippen molar-refractivity contribution in [2.45, 2.75) is 6.61 Å². The number of rotatable bonds is 3. The van der Waals surface area contributed by atoms with Crippen LogP contribution in [0, 0.1) is 0 Å². The van der Waals surface area contributed by atoms with E-state index in [-0.39, 0.29) is 23.1 Å². The molecule has 0 fully saturated rings. The molecule has 2 N–H and O–H groups in total. The smallest absolute Gasteiger partial charge is 0.412 e. The number of carbonyl (C=O) groups excluding carboxylic acids is 1. The second-order valence-corrected chi connectivity index (χ2v) is 5.29. The molecule has 0 saturated heterocycles. The lowest BCUT2D eigenvalue weighted by Gasteiger charge is -2.10. The van der Waals surface area contributed by atoms with Gasteiger partial charge in [0, 0.05) is 4.47 Å². The molecule has 2 aromatic rings. The number of amides is 1. The van der Waals surface area contributed by atoms with Gasteiger partial charge in [0.1, 0.15) is 6.61 Å². The number of hydrogen-bond acceptors (Lipinski definition) is 3. The van der Waals surface area contributed by atoms with Gasteiger partial charge in [0.25, 0.3) is 0 Å². The van der Waals surface area contributed by atoms with Gasteiger partial charge in [0.15, 0.2) is 5.75 Å². The fraction of sp³-hybridized carbons (Fsp3) is 0.0714. The number of carbonyl (C=O) groups is 1. The van der Waals surface area contributed by atoms with Crippen LogP contribution >= 0.6 is 27.5 Å². The van der Waals surface area contributed by atoms with Crippen LogP contribution in [-0.2, 0) is 11.3 Å². The van der Waals surface area contributed by atoms with Crippen LogP contribution in [0.4, 0.5) is 10.5 Å². The molecule has 2 aromatic carbocycles. The van der Waals surface area contributed by atoms with Crippen molar-refractivity contribution in [1.82, 2.24) is 0 Å². The first kappa shape index (κ1) is 14.7. The lowest BCUT2D eigenvalue weighted by Crippen LogP contribution is -2.13. The Balaban J connectivity index is 1.98. The third kappa shape index (κ3) is 3.88. The summed E-state index contributed by atoms with van der Waals surface area (Å²) < 4.78 is 5.68. The van der Waals surface area contributed by atoms with Crippen LogP contribution in [-0.4, -0.2) is 11.2 Å². The van der Waals surface area contributed by atoms with E-state index in [0.29, 0.717) is 4.47 Å². The van der Waals surface area contributed by atoms with Crippen LogP contribution in [0.3, 0.4) is 0 Å². The SMILES string of the molecule is O=C(Nc1cc(Br)cc(Cl)c1O)OCc1ccccc1. The summed E-state index contributed by atoms with van der Waals surface area (Å²) in [6, 6.07) is 12.3. The minimum Gasteiger partial charge on any atom is -0.504 e. The molecule has 20 heavy (non-hydrogen) atoms. The van der Waals surface area contributed by atoms with E-state index in [4.69, 9.17) is 16.3 Å². The quantitative estimate of drug-likeness (QED) is 0.793. The monoisotopic (exact) mass is 355 g/mol. The summed E-state index contributed by atoms with van der Waals surface area (Å²) >= 11 is 9.03. The highest BCUT2D eigenvalue weighted by Crippen LogP contribution is 2.35. The van der Waals surface area contributed by atoms with Crippen molar-refractivity contribution in [2.75, 3.05) is 5.32 Å². The Hall–Kier alpha value is -1.72. The molecule has 0 unspecified atom stereocenters. The largest absolute Gasteiger partial charge is 0.504 e. The van der Waals surface area contributed by atoms with Crippen molar-refractivity contribution in [3.63, 3.8) is 0 Å². The lowest BCUT2D eigenvalue weighted by atomic mass is 10.2. The highest BCUT2D eigenvalue weighted by Gasteiger charge is 2.11. The summed E-state index contributed by atoms with van der Waals surface area (Å²) in [4.78, 5) is 11.7. The molecule has 0 atom stereocenters. The number of nitrogens with one attached hydrogen (secondary N) is 1. The van der Waals surface area contributed by atoms with Crippen LogP contribution < -0.4 is 5.32 Å². The van der Waals surface area contributed by atoms with Crippen LogP contribution in [0.5, 0.6) is 5.75 Å². The first-order chi connectivity index (χ1) is 9.56. The highest BCUT2D eigenvalue weighted by atomic mass is 79.9. The summed E-state index contributed by atoms with van der Waals surface area (Å²) in [6.45, 7) is 0.148. The van der Waals surface area contributed by atoms with Gasteiger partial charge in [-0.1, -0.05) is 57.9 Å². The van der Waals surface area contributed by atoms with E-state index in [0.717, 1.165) is 5.56 Å². The first-order valence-corrected chi connectivity index (χ1v) is 6.89. The minimum absolute atomic E-state index is 0.137. The van der Waals surface area contributed by atoms with Crippen LogP contribution in [0.2, 0.25) is 5.02 Å². The molecular formula is C14H11BrClNO3. The zero-order chi connectivity index (χ0) is 14.5. The van der Waals surface area contributed by atoms with Crippen LogP contribution in [0.15, 0.2) is 46.9 Å². The molecule has 0 aromatic heterocycles. The first-order valence-electron chi connectivity index (χ1n) is 5.72. The molecule has 2 rings (SSSR count). The number of ether oxygens (including phenoxy) is 1. The lowest BCUT2D eigenvalue weighted by molar-refractivity contribution is 0.155. The van der Waals surface area contributed by atoms with Crippen LogP contribution in [0.25, 0.3) is 0 Å².